The number of hydrogen-bond acceptors (Lipinski definition) is 2. The van der Waals surface area contributed by atoms with Gasteiger partial charge in [0.2, 0.25) is 5.91 Å². The minimum Gasteiger partial charge on any atom is -0.388 e. The molecule has 1 amide bonds. The fourth-order valence-corrected chi connectivity index (χ4v) is 2.83. The number of likely N-dealkylation sites (tertiary alicyclic amines) is 1. The van der Waals surface area contributed by atoms with Crippen LogP contribution in [0.15, 0.2) is 43.0 Å². The summed E-state index contributed by atoms with van der Waals surface area (Å²) in [4.78, 5) is 14.5. The molecule has 0 spiro atoms. The molecule has 1 fully saturated rings. The Balaban J connectivity index is 2.30. The van der Waals surface area contributed by atoms with Gasteiger partial charge in [0.25, 0.3) is 0 Å². The van der Waals surface area contributed by atoms with Crippen LogP contribution in [0.3, 0.4) is 0 Å². The van der Waals surface area contributed by atoms with Crippen LogP contribution < -0.4 is 0 Å². The topological polar surface area (TPSA) is 40.5 Å². The van der Waals surface area contributed by atoms with Gasteiger partial charge < -0.3 is 10.0 Å². The fourth-order valence-electron chi connectivity index (χ4n) is 2.83. The summed E-state index contributed by atoms with van der Waals surface area (Å²) in [7, 11) is 0. The van der Waals surface area contributed by atoms with Gasteiger partial charge in [-0.15, -0.1) is 6.58 Å². The molecule has 1 N–H and O–H groups in total. The standard InChI is InChI=1S/C17H23NO2/c1-5-12-11-18(17(2,3)4)16(20)14(12)15(19)13-9-7-6-8-10-13/h5-10,12,14-15,19H,1,11H2,2-4H3/t12-,14-,15+/m0/s1. The summed E-state index contributed by atoms with van der Waals surface area (Å²) >= 11 is 0. The summed E-state index contributed by atoms with van der Waals surface area (Å²) < 4.78 is 0. The number of benzene rings is 1. The van der Waals surface area contributed by atoms with E-state index in [9.17, 15) is 9.90 Å². The van der Waals surface area contributed by atoms with Crippen LogP contribution in [-0.4, -0.2) is 28.0 Å². The zero-order valence-electron chi connectivity index (χ0n) is 12.4. The summed E-state index contributed by atoms with van der Waals surface area (Å²) in [6, 6.07) is 9.37. The quantitative estimate of drug-likeness (QED) is 0.860. The Hall–Kier alpha value is -1.61. The van der Waals surface area contributed by atoms with Crippen molar-refractivity contribution >= 4 is 5.91 Å². The number of hydrogen-bond donors (Lipinski definition) is 1. The molecule has 0 aliphatic carbocycles. The first-order valence-electron chi connectivity index (χ1n) is 7.03. The first-order valence-corrected chi connectivity index (χ1v) is 7.03. The highest BCUT2D eigenvalue weighted by atomic mass is 16.3. The monoisotopic (exact) mass is 273 g/mol. The van der Waals surface area contributed by atoms with Gasteiger partial charge in [-0.2, -0.15) is 0 Å². The van der Waals surface area contributed by atoms with E-state index in [1.54, 1.807) is 6.08 Å². The lowest BCUT2D eigenvalue weighted by Gasteiger charge is -2.32. The highest BCUT2D eigenvalue weighted by Gasteiger charge is 2.46. The maximum absolute atomic E-state index is 12.7. The molecule has 3 atom stereocenters. The van der Waals surface area contributed by atoms with Crippen molar-refractivity contribution in [2.45, 2.75) is 32.4 Å². The van der Waals surface area contributed by atoms with Gasteiger partial charge in [-0.25, -0.2) is 0 Å². The average molecular weight is 273 g/mol. The van der Waals surface area contributed by atoms with Gasteiger partial charge in [0.1, 0.15) is 0 Å². The molecular formula is C17H23NO2. The Morgan fingerprint density at radius 2 is 1.95 bits per heavy atom. The Kier molecular flexibility index (Phi) is 4.00. The maximum Gasteiger partial charge on any atom is 0.229 e. The van der Waals surface area contributed by atoms with E-state index in [1.165, 1.54) is 0 Å². The molecule has 1 aromatic carbocycles. The lowest BCUT2D eigenvalue weighted by atomic mass is 9.86. The Labute approximate surface area is 120 Å². The normalized spacial score (nSPS) is 24.8. The minimum absolute atomic E-state index is 0.0127. The summed E-state index contributed by atoms with van der Waals surface area (Å²) in [5, 5.41) is 10.6. The SMILES string of the molecule is C=C[C@H]1CN(C(C)(C)C)C(=O)[C@@H]1[C@H](O)c1ccccc1. The molecule has 20 heavy (non-hydrogen) atoms. The summed E-state index contributed by atoms with van der Waals surface area (Å²) in [6.45, 7) is 10.5. The molecule has 1 heterocycles. The molecule has 0 radical (unpaired) electrons. The van der Waals surface area contributed by atoms with E-state index in [0.717, 1.165) is 5.56 Å². The highest BCUT2D eigenvalue weighted by Crippen LogP contribution is 2.38. The highest BCUT2D eigenvalue weighted by molar-refractivity contribution is 5.83. The number of aliphatic hydroxyl groups is 1. The van der Waals surface area contributed by atoms with E-state index in [2.05, 4.69) is 6.58 Å². The zero-order chi connectivity index (χ0) is 14.9. The van der Waals surface area contributed by atoms with E-state index < -0.39 is 12.0 Å². The van der Waals surface area contributed by atoms with Crippen molar-refractivity contribution in [3.8, 4) is 0 Å². The minimum atomic E-state index is -0.779. The first kappa shape index (κ1) is 14.8. The third-order valence-electron chi connectivity index (χ3n) is 4.00. The van der Waals surface area contributed by atoms with E-state index in [1.807, 2.05) is 56.0 Å². The Morgan fingerprint density at radius 1 is 1.35 bits per heavy atom. The summed E-state index contributed by atoms with van der Waals surface area (Å²) in [5.41, 5.74) is 0.553. The fraction of sp³-hybridized carbons (Fsp3) is 0.471. The van der Waals surface area contributed by atoms with Gasteiger partial charge in [-0.05, 0) is 26.3 Å². The van der Waals surface area contributed by atoms with Crippen LogP contribution >= 0.6 is 0 Å². The third kappa shape index (κ3) is 2.63. The van der Waals surface area contributed by atoms with Gasteiger partial charge >= 0.3 is 0 Å². The molecular weight excluding hydrogens is 250 g/mol. The number of aliphatic hydroxyl groups excluding tert-OH is 1. The van der Waals surface area contributed by atoms with Crippen LogP contribution in [0.1, 0.15) is 32.4 Å². The second-order valence-corrected chi connectivity index (χ2v) is 6.40. The predicted octanol–water partition coefficient (Wildman–Crippen LogP) is 2.78. The first-order chi connectivity index (χ1) is 9.36. The van der Waals surface area contributed by atoms with Crippen molar-refractivity contribution in [3.63, 3.8) is 0 Å². The lowest BCUT2D eigenvalue weighted by Crippen LogP contribution is -2.43. The molecule has 0 bridgehead atoms. The van der Waals surface area contributed by atoms with Crippen molar-refractivity contribution in [1.82, 2.24) is 4.90 Å². The smallest absolute Gasteiger partial charge is 0.229 e. The van der Waals surface area contributed by atoms with Crippen molar-refractivity contribution in [1.29, 1.82) is 0 Å². The van der Waals surface area contributed by atoms with Gasteiger partial charge in [0.05, 0.1) is 12.0 Å². The number of carbonyl (C=O) groups excluding carboxylic acids is 1. The number of amides is 1. The second-order valence-electron chi connectivity index (χ2n) is 6.40. The largest absolute Gasteiger partial charge is 0.388 e. The van der Waals surface area contributed by atoms with Crippen LogP contribution in [0.25, 0.3) is 0 Å². The number of carbonyl (C=O) groups is 1. The van der Waals surface area contributed by atoms with Crippen molar-refractivity contribution in [2.24, 2.45) is 11.8 Å². The van der Waals surface area contributed by atoms with E-state index in [4.69, 9.17) is 0 Å². The van der Waals surface area contributed by atoms with Crippen LogP contribution in [0.5, 0.6) is 0 Å². The Morgan fingerprint density at radius 3 is 2.45 bits per heavy atom. The molecule has 3 nitrogen and oxygen atoms in total. The molecule has 1 aliphatic rings. The maximum atomic E-state index is 12.7. The molecule has 0 saturated carbocycles. The summed E-state index contributed by atoms with van der Waals surface area (Å²) in [5.74, 6) is -0.440. The van der Waals surface area contributed by atoms with Gasteiger partial charge in [-0.3, -0.25) is 4.79 Å². The Bertz CT molecular complexity index is 489. The second kappa shape index (κ2) is 5.41. The molecule has 0 aromatic heterocycles. The van der Waals surface area contributed by atoms with Crippen LogP contribution in [-0.2, 0) is 4.79 Å². The summed E-state index contributed by atoms with van der Waals surface area (Å²) in [6.07, 6.45) is 1.01. The number of nitrogens with zero attached hydrogens (tertiary/aromatic N) is 1. The average Bonchev–Trinajstić information content (AvgIpc) is 2.75. The van der Waals surface area contributed by atoms with E-state index in [0.29, 0.717) is 6.54 Å². The van der Waals surface area contributed by atoms with Crippen molar-refractivity contribution < 1.29 is 9.90 Å². The number of rotatable bonds is 3. The van der Waals surface area contributed by atoms with Crippen LogP contribution in [0.4, 0.5) is 0 Å². The lowest BCUT2D eigenvalue weighted by molar-refractivity contribution is -0.138. The van der Waals surface area contributed by atoms with Crippen LogP contribution in [0.2, 0.25) is 0 Å². The molecule has 1 saturated heterocycles. The molecule has 2 rings (SSSR count). The molecule has 3 heteroatoms. The van der Waals surface area contributed by atoms with Crippen molar-refractivity contribution in [2.75, 3.05) is 6.54 Å². The van der Waals surface area contributed by atoms with Crippen molar-refractivity contribution in [3.05, 3.63) is 48.6 Å². The van der Waals surface area contributed by atoms with Crippen LogP contribution in [0, 0.1) is 11.8 Å². The van der Waals surface area contributed by atoms with E-state index >= 15 is 0 Å². The van der Waals surface area contributed by atoms with Gasteiger partial charge in [0.15, 0.2) is 0 Å². The molecule has 0 unspecified atom stereocenters. The molecule has 1 aromatic rings. The molecule has 1 aliphatic heterocycles. The third-order valence-corrected chi connectivity index (χ3v) is 4.00. The van der Waals surface area contributed by atoms with Gasteiger partial charge in [-0.1, -0.05) is 36.4 Å². The van der Waals surface area contributed by atoms with Gasteiger partial charge in [0, 0.05) is 18.0 Å². The van der Waals surface area contributed by atoms with E-state index in [-0.39, 0.29) is 17.4 Å². The molecule has 108 valence electrons. The zero-order valence-corrected chi connectivity index (χ0v) is 12.4. The predicted molar refractivity (Wildman–Crippen MR) is 80.0 cm³/mol.